The van der Waals surface area contributed by atoms with Crippen LogP contribution in [0.3, 0.4) is 0 Å². The molecule has 0 fully saturated rings. The van der Waals surface area contributed by atoms with Crippen molar-refractivity contribution in [3.8, 4) is 0 Å². The van der Waals surface area contributed by atoms with E-state index in [0.29, 0.717) is 6.04 Å². The molecule has 2 nitrogen and oxygen atoms in total. The topological polar surface area (TPSA) is 16.1 Å². The number of aromatic nitrogens is 1. The lowest BCUT2D eigenvalue weighted by Crippen LogP contribution is -2.29. The van der Waals surface area contributed by atoms with Gasteiger partial charge in [0.2, 0.25) is 0 Å². The number of unbranched alkanes of at least 4 members (excludes halogenated alkanes) is 1. The number of anilines is 2. The zero-order chi connectivity index (χ0) is 22.7. The largest absolute Gasteiger partial charge is 0.324 e. The Morgan fingerprint density at radius 1 is 0.938 bits per heavy atom. The Morgan fingerprint density at radius 2 is 1.69 bits per heavy atom. The number of rotatable bonds is 9. The van der Waals surface area contributed by atoms with Crippen molar-refractivity contribution in [2.75, 3.05) is 4.90 Å². The fourth-order valence-corrected chi connectivity index (χ4v) is 6.02. The summed E-state index contributed by atoms with van der Waals surface area (Å²) in [5.41, 5.74) is 2.90. The van der Waals surface area contributed by atoms with Crippen LogP contribution < -0.4 is 4.90 Å². The van der Waals surface area contributed by atoms with Gasteiger partial charge in [-0.3, -0.25) is 0 Å². The van der Waals surface area contributed by atoms with Gasteiger partial charge in [-0.05, 0) is 61.1 Å². The van der Waals surface area contributed by atoms with Gasteiger partial charge in [0.1, 0.15) is 5.82 Å². The average molecular weight is 445 g/mol. The molecule has 0 radical (unpaired) electrons. The first-order valence-corrected chi connectivity index (χ1v) is 12.9. The maximum absolute atomic E-state index is 4.69. The summed E-state index contributed by atoms with van der Waals surface area (Å²) in [7, 11) is 0. The number of nitrogens with zero attached hydrogens (tertiary/aromatic N) is 2. The van der Waals surface area contributed by atoms with Crippen LogP contribution in [0.15, 0.2) is 60.8 Å². The van der Waals surface area contributed by atoms with Gasteiger partial charge < -0.3 is 4.90 Å². The highest BCUT2D eigenvalue weighted by molar-refractivity contribution is 7.25. The molecule has 2 aromatic heterocycles. The number of benzene rings is 2. The van der Waals surface area contributed by atoms with Crippen molar-refractivity contribution in [2.45, 2.75) is 78.2 Å². The molecule has 1 atom stereocenters. The highest BCUT2D eigenvalue weighted by Gasteiger charge is 2.21. The van der Waals surface area contributed by atoms with Gasteiger partial charge in [-0.25, -0.2) is 4.98 Å². The summed E-state index contributed by atoms with van der Waals surface area (Å²) in [6.07, 6.45) is 7.92. The summed E-state index contributed by atoms with van der Waals surface area (Å²) < 4.78 is 2.74. The van der Waals surface area contributed by atoms with Crippen LogP contribution in [0, 0.1) is 0 Å². The third-order valence-corrected chi connectivity index (χ3v) is 7.82. The van der Waals surface area contributed by atoms with E-state index in [-0.39, 0.29) is 5.41 Å². The Hall–Kier alpha value is -2.39. The Morgan fingerprint density at radius 3 is 2.38 bits per heavy atom. The molecular formula is C29H36N2S. The minimum Gasteiger partial charge on any atom is -0.324 e. The zero-order valence-electron chi connectivity index (χ0n) is 20.2. The average Bonchev–Trinajstić information content (AvgIpc) is 3.15. The zero-order valence-corrected chi connectivity index (χ0v) is 21.0. The molecular weight excluding hydrogens is 408 g/mol. The van der Waals surface area contributed by atoms with Crippen LogP contribution in [0.2, 0.25) is 0 Å². The second kappa shape index (κ2) is 9.62. The highest BCUT2D eigenvalue weighted by Crippen LogP contribution is 2.40. The number of hydrogen-bond acceptors (Lipinski definition) is 3. The first-order valence-electron chi connectivity index (χ1n) is 12.1. The van der Waals surface area contributed by atoms with E-state index < -0.39 is 0 Å². The van der Waals surface area contributed by atoms with Crippen LogP contribution in [0.1, 0.15) is 72.3 Å². The second-order valence-electron chi connectivity index (χ2n) is 9.68. The van der Waals surface area contributed by atoms with Gasteiger partial charge in [0.15, 0.2) is 0 Å². The van der Waals surface area contributed by atoms with Gasteiger partial charge in [0.25, 0.3) is 0 Å². The summed E-state index contributed by atoms with van der Waals surface area (Å²) in [6.45, 7) is 11.6. The van der Waals surface area contributed by atoms with E-state index in [1.807, 2.05) is 23.6 Å². The predicted octanol–water partition coefficient (Wildman–Crippen LogP) is 9.24. The molecule has 0 aliphatic rings. The van der Waals surface area contributed by atoms with Gasteiger partial charge in [0, 0.05) is 38.1 Å². The van der Waals surface area contributed by atoms with E-state index in [4.69, 9.17) is 4.98 Å². The van der Waals surface area contributed by atoms with Gasteiger partial charge in [0.05, 0.1) is 0 Å². The van der Waals surface area contributed by atoms with E-state index in [1.165, 1.54) is 57.1 Å². The molecule has 32 heavy (non-hydrogen) atoms. The lowest BCUT2D eigenvalue weighted by molar-refractivity contribution is 0.474. The molecule has 0 bridgehead atoms. The minimum absolute atomic E-state index is 0.217. The van der Waals surface area contributed by atoms with Gasteiger partial charge in [-0.15, -0.1) is 11.3 Å². The molecule has 0 aliphatic heterocycles. The third kappa shape index (κ3) is 4.54. The molecule has 2 heterocycles. The smallest absolute Gasteiger partial charge is 0.133 e. The Kier molecular flexibility index (Phi) is 6.85. The summed E-state index contributed by atoms with van der Waals surface area (Å²) >= 11 is 1.92. The van der Waals surface area contributed by atoms with E-state index in [0.717, 1.165) is 12.2 Å². The van der Waals surface area contributed by atoms with E-state index in [2.05, 4.69) is 88.0 Å². The van der Waals surface area contributed by atoms with Crippen LogP contribution in [0.25, 0.3) is 20.2 Å². The molecule has 0 spiro atoms. The Labute approximate surface area is 197 Å². The molecule has 0 N–H and O–H groups in total. The summed E-state index contributed by atoms with van der Waals surface area (Å²) in [5.74, 6) is 1.03. The van der Waals surface area contributed by atoms with Gasteiger partial charge >= 0.3 is 0 Å². The Bertz CT molecular complexity index is 1180. The standard InChI is InChI=1S/C29H36N2S/c1-6-8-11-21(3)31(28-12-9-10-18-30-28)23-14-16-25-24-15-13-22(29(4,5)17-7-2)19-26(24)32-27(25)20-23/h9-10,12-16,18-21H,6-8,11,17H2,1-5H3. The van der Waals surface area contributed by atoms with Crippen LogP contribution in [0.5, 0.6) is 0 Å². The van der Waals surface area contributed by atoms with Gasteiger partial charge in [-0.2, -0.15) is 0 Å². The molecule has 1 unspecified atom stereocenters. The maximum Gasteiger partial charge on any atom is 0.133 e. The molecule has 2 aromatic carbocycles. The quantitative estimate of drug-likeness (QED) is 0.256. The van der Waals surface area contributed by atoms with Crippen molar-refractivity contribution in [1.82, 2.24) is 4.98 Å². The highest BCUT2D eigenvalue weighted by atomic mass is 32.1. The van der Waals surface area contributed by atoms with Crippen molar-refractivity contribution >= 4 is 43.0 Å². The fraction of sp³-hybridized carbons (Fsp3) is 0.414. The third-order valence-electron chi connectivity index (χ3n) is 6.70. The normalized spacial score (nSPS) is 13.0. The van der Waals surface area contributed by atoms with Gasteiger partial charge in [-0.1, -0.05) is 71.2 Å². The first kappa shape index (κ1) is 22.8. The van der Waals surface area contributed by atoms with Crippen molar-refractivity contribution in [2.24, 2.45) is 0 Å². The maximum atomic E-state index is 4.69. The molecule has 4 rings (SSSR count). The van der Waals surface area contributed by atoms with E-state index in [9.17, 15) is 0 Å². The number of hydrogen-bond donors (Lipinski definition) is 0. The van der Waals surface area contributed by atoms with Crippen LogP contribution in [-0.4, -0.2) is 11.0 Å². The fourth-order valence-electron chi connectivity index (χ4n) is 4.84. The predicted molar refractivity (Wildman–Crippen MR) is 143 cm³/mol. The Balaban J connectivity index is 1.77. The van der Waals surface area contributed by atoms with E-state index in [1.54, 1.807) is 0 Å². The first-order chi connectivity index (χ1) is 15.4. The summed E-state index contributed by atoms with van der Waals surface area (Å²) in [6, 6.07) is 20.7. The van der Waals surface area contributed by atoms with Crippen molar-refractivity contribution in [3.05, 3.63) is 66.4 Å². The summed E-state index contributed by atoms with van der Waals surface area (Å²) in [5, 5.41) is 2.73. The van der Waals surface area contributed by atoms with Crippen molar-refractivity contribution in [3.63, 3.8) is 0 Å². The minimum atomic E-state index is 0.217. The van der Waals surface area contributed by atoms with Crippen molar-refractivity contribution < 1.29 is 0 Å². The lowest BCUT2D eigenvalue weighted by atomic mass is 9.80. The van der Waals surface area contributed by atoms with Crippen molar-refractivity contribution in [1.29, 1.82) is 0 Å². The molecule has 0 saturated heterocycles. The van der Waals surface area contributed by atoms with Crippen LogP contribution in [-0.2, 0) is 5.41 Å². The monoisotopic (exact) mass is 444 g/mol. The lowest BCUT2D eigenvalue weighted by Gasteiger charge is -2.30. The van der Waals surface area contributed by atoms with Crippen LogP contribution in [0.4, 0.5) is 11.5 Å². The number of pyridine rings is 1. The molecule has 0 amide bonds. The van der Waals surface area contributed by atoms with E-state index >= 15 is 0 Å². The van der Waals surface area contributed by atoms with Crippen LogP contribution >= 0.6 is 11.3 Å². The molecule has 0 aliphatic carbocycles. The SMILES string of the molecule is CCCCC(C)N(c1ccc2c(c1)sc1cc(C(C)(C)CCC)ccc12)c1ccccn1. The molecule has 3 heteroatoms. The molecule has 4 aromatic rings. The molecule has 168 valence electrons. The molecule has 0 saturated carbocycles. The number of fused-ring (bicyclic) bond motifs is 3. The summed E-state index contributed by atoms with van der Waals surface area (Å²) in [4.78, 5) is 7.10. The second-order valence-corrected chi connectivity index (χ2v) is 10.8. The number of thiophene rings is 1.